The second-order valence-electron chi connectivity index (χ2n) is 5.07. The lowest BCUT2D eigenvalue weighted by molar-refractivity contribution is 0.0929. The van der Waals surface area contributed by atoms with Crippen LogP contribution in [0.3, 0.4) is 0 Å². The molecular weight excluding hydrogens is 224 g/mol. The van der Waals surface area contributed by atoms with Crippen LogP contribution >= 0.6 is 0 Å². The number of ketones is 1. The van der Waals surface area contributed by atoms with E-state index in [1.807, 2.05) is 18.3 Å². The number of rotatable bonds is 2. The lowest BCUT2D eigenvalue weighted by atomic mass is 9.96. The summed E-state index contributed by atoms with van der Waals surface area (Å²) in [5.74, 6) is 0.228. The fourth-order valence-electron chi connectivity index (χ4n) is 2.77. The van der Waals surface area contributed by atoms with Crippen molar-refractivity contribution in [1.82, 2.24) is 10.3 Å². The first-order valence-corrected chi connectivity index (χ1v) is 6.61. The Bertz CT molecular complexity index is 579. The Morgan fingerprint density at radius 2 is 2.22 bits per heavy atom. The van der Waals surface area contributed by atoms with Crippen molar-refractivity contribution in [3.63, 3.8) is 0 Å². The van der Waals surface area contributed by atoms with E-state index in [9.17, 15) is 4.79 Å². The number of H-pyrrole nitrogens is 1. The number of Topliss-reactive ketones (excluding diaryl/α,β-unsaturated/α-hetero) is 1. The Morgan fingerprint density at radius 1 is 1.33 bits per heavy atom. The molecule has 1 fully saturated rings. The molecule has 3 rings (SSSR count). The number of hydrogen-bond donors (Lipinski definition) is 2. The topological polar surface area (TPSA) is 44.9 Å². The minimum atomic E-state index is -0.00161. The van der Waals surface area contributed by atoms with Gasteiger partial charge in [0.05, 0.1) is 6.04 Å². The second kappa shape index (κ2) is 4.58. The molecule has 1 unspecified atom stereocenters. The molecule has 94 valence electrons. The molecule has 0 amide bonds. The Balaban J connectivity index is 1.98. The summed E-state index contributed by atoms with van der Waals surface area (Å²) in [6.45, 7) is 3.02. The second-order valence-corrected chi connectivity index (χ2v) is 5.07. The van der Waals surface area contributed by atoms with E-state index >= 15 is 0 Å². The Labute approximate surface area is 107 Å². The normalized spacial score (nSPS) is 20.2. The lowest BCUT2D eigenvalue weighted by Crippen LogP contribution is -2.40. The summed E-state index contributed by atoms with van der Waals surface area (Å²) in [5.41, 5.74) is 3.09. The zero-order valence-corrected chi connectivity index (χ0v) is 10.6. The van der Waals surface area contributed by atoms with Gasteiger partial charge in [-0.15, -0.1) is 0 Å². The summed E-state index contributed by atoms with van der Waals surface area (Å²) in [6, 6.07) is 6.09. The summed E-state index contributed by atoms with van der Waals surface area (Å²) in [5, 5.41) is 4.37. The molecule has 3 nitrogen and oxygen atoms in total. The predicted molar refractivity (Wildman–Crippen MR) is 73.0 cm³/mol. The van der Waals surface area contributed by atoms with Crippen LogP contribution in [0.2, 0.25) is 0 Å². The number of aryl methyl sites for hydroxylation is 1. The van der Waals surface area contributed by atoms with Crippen LogP contribution in [-0.2, 0) is 0 Å². The smallest absolute Gasteiger partial charge is 0.181 e. The van der Waals surface area contributed by atoms with Gasteiger partial charge in [-0.3, -0.25) is 4.79 Å². The number of benzene rings is 1. The third-order valence-electron chi connectivity index (χ3n) is 3.82. The van der Waals surface area contributed by atoms with Crippen LogP contribution in [0.1, 0.15) is 35.2 Å². The standard InChI is InChI=1S/C15H18N2O/c1-10-5-4-6-11-12(9-17-14(10)11)15(18)13-7-2-3-8-16-13/h4-6,9,13,16-17H,2-3,7-8H2,1H3. The molecule has 18 heavy (non-hydrogen) atoms. The SMILES string of the molecule is Cc1cccc2c(C(=O)C3CCCCN3)c[nH]c12. The number of carbonyl (C=O) groups excluding carboxylic acids is 1. The average Bonchev–Trinajstić information content (AvgIpc) is 2.84. The summed E-state index contributed by atoms with van der Waals surface area (Å²) < 4.78 is 0. The highest BCUT2D eigenvalue weighted by atomic mass is 16.1. The van der Waals surface area contributed by atoms with E-state index in [2.05, 4.69) is 23.3 Å². The molecule has 2 N–H and O–H groups in total. The van der Waals surface area contributed by atoms with Gasteiger partial charge in [-0.1, -0.05) is 24.6 Å². The van der Waals surface area contributed by atoms with Crippen molar-refractivity contribution in [3.05, 3.63) is 35.5 Å². The minimum absolute atomic E-state index is 0.00161. The van der Waals surface area contributed by atoms with Gasteiger partial charge in [0.15, 0.2) is 5.78 Å². The number of hydrogen-bond acceptors (Lipinski definition) is 2. The first-order chi connectivity index (χ1) is 8.77. The first-order valence-electron chi connectivity index (χ1n) is 6.61. The van der Waals surface area contributed by atoms with E-state index < -0.39 is 0 Å². The van der Waals surface area contributed by atoms with Gasteiger partial charge in [-0.05, 0) is 31.9 Å². The van der Waals surface area contributed by atoms with Gasteiger partial charge >= 0.3 is 0 Å². The molecule has 0 aliphatic carbocycles. The molecular formula is C15H18N2O. The largest absolute Gasteiger partial charge is 0.360 e. The van der Waals surface area contributed by atoms with Crippen molar-refractivity contribution in [3.8, 4) is 0 Å². The number of nitrogens with one attached hydrogen (secondary N) is 2. The monoisotopic (exact) mass is 242 g/mol. The molecule has 1 aliphatic rings. The van der Waals surface area contributed by atoms with Crippen LogP contribution in [-0.4, -0.2) is 23.4 Å². The fraction of sp³-hybridized carbons (Fsp3) is 0.400. The summed E-state index contributed by atoms with van der Waals surface area (Å²) in [7, 11) is 0. The summed E-state index contributed by atoms with van der Waals surface area (Å²) >= 11 is 0. The predicted octanol–water partition coefficient (Wildman–Crippen LogP) is 2.80. The van der Waals surface area contributed by atoms with Crippen LogP contribution in [0.15, 0.2) is 24.4 Å². The molecule has 2 aromatic rings. The Hall–Kier alpha value is -1.61. The van der Waals surface area contributed by atoms with Crippen molar-refractivity contribution in [1.29, 1.82) is 0 Å². The molecule has 1 aromatic carbocycles. The van der Waals surface area contributed by atoms with Crippen LogP contribution in [0.25, 0.3) is 10.9 Å². The molecule has 0 bridgehead atoms. The van der Waals surface area contributed by atoms with Gasteiger partial charge in [0.2, 0.25) is 0 Å². The van der Waals surface area contributed by atoms with E-state index in [0.29, 0.717) is 0 Å². The van der Waals surface area contributed by atoms with Crippen LogP contribution in [0.4, 0.5) is 0 Å². The Morgan fingerprint density at radius 3 is 3.00 bits per heavy atom. The third kappa shape index (κ3) is 1.85. The van der Waals surface area contributed by atoms with E-state index in [4.69, 9.17) is 0 Å². The number of para-hydroxylation sites is 1. The molecule has 1 saturated heterocycles. The van der Waals surface area contributed by atoms with E-state index in [0.717, 1.165) is 35.9 Å². The van der Waals surface area contributed by atoms with Gasteiger partial charge in [-0.2, -0.15) is 0 Å². The maximum Gasteiger partial charge on any atom is 0.181 e. The quantitative estimate of drug-likeness (QED) is 0.795. The van der Waals surface area contributed by atoms with Gasteiger partial charge in [0, 0.05) is 22.7 Å². The van der Waals surface area contributed by atoms with Crippen LogP contribution in [0, 0.1) is 6.92 Å². The molecule has 3 heteroatoms. The molecule has 2 heterocycles. The molecule has 1 atom stereocenters. The highest BCUT2D eigenvalue weighted by molar-refractivity contribution is 6.10. The lowest BCUT2D eigenvalue weighted by Gasteiger charge is -2.21. The van der Waals surface area contributed by atoms with Crippen molar-refractivity contribution in [2.45, 2.75) is 32.2 Å². The highest BCUT2D eigenvalue weighted by Gasteiger charge is 2.24. The van der Waals surface area contributed by atoms with Crippen molar-refractivity contribution >= 4 is 16.7 Å². The molecule has 0 spiro atoms. The van der Waals surface area contributed by atoms with E-state index in [1.165, 1.54) is 12.0 Å². The number of aromatic amines is 1. The van der Waals surface area contributed by atoms with Crippen molar-refractivity contribution < 1.29 is 4.79 Å². The maximum atomic E-state index is 12.5. The van der Waals surface area contributed by atoms with Gasteiger partial charge < -0.3 is 10.3 Å². The number of piperidine rings is 1. The van der Waals surface area contributed by atoms with Crippen molar-refractivity contribution in [2.24, 2.45) is 0 Å². The molecule has 0 saturated carbocycles. The van der Waals surface area contributed by atoms with E-state index in [1.54, 1.807) is 0 Å². The number of carbonyl (C=O) groups is 1. The van der Waals surface area contributed by atoms with Crippen LogP contribution < -0.4 is 5.32 Å². The zero-order chi connectivity index (χ0) is 12.5. The molecule has 1 aliphatic heterocycles. The number of aromatic nitrogens is 1. The molecule has 1 aromatic heterocycles. The van der Waals surface area contributed by atoms with Gasteiger partial charge in [0.1, 0.15) is 0 Å². The average molecular weight is 242 g/mol. The summed E-state index contributed by atoms with van der Waals surface area (Å²) in [6.07, 6.45) is 5.13. The van der Waals surface area contributed by atoms with E-state index in [-0.39, 0.29) is 11.8 Å². The zero-order valence-electron chi connectivity index (χ0n) is 10.6. The molecule has 0 radical (unpaired) electrons. The highest BCUT2D eigenvalue weighted by Crippen LogP contribution is 2.23. The maximum absolute atomic E-state index is 12.5. The number of fused-ring (bicyclic) bond motifs is 1. The van der Waals surface area contributed by atoms with Gasteiger partial charge in [-0.25, -0.2) is 0 Å². The minimum Gasteiger partial charge on any atom is -0.360 e. The fourth-order valence-corrected chi connectivity index (χ4v) is 2.77. The third-order valence-corrected chi connectivity index (χ3v) is 3.82. The first kappa shape index (κ1) is 11.5. The summed E-state index contributed by atoms with van der Waals surface area (Å²) in [4.78, 5) is 15.7. The van der Waals surface area contributed by atoms with Crippen molar-refractivity contribution in [2.75, 3.05) is 6.54 Å². The Kier molecular flexibility index (Phi) is 2.92. The van der Waals surface area contributed by atoms with Gasteiger partial charge in [0.25, 0.3) is 0 Å². The van der Waals surface area contributed by atoms with Crippen LogP contribution in [0.5, 0.6) is 0 Å².